The first kappa shape index (κ1) is 13.5. The summed E-state index contributed by atoms with van der Waals surface area (Å²) < 4.78 is 13.9. The Kier molecular flexibility index (Phi) is 4.11. The molecule has 0 atom stereocenters. The molecular weight excluding hydrogens is 265 g/mol. The van der Waals surface area contributed by atoms with E-state index in [0.29, 0.717) is 6.54 Å². The van der Waals surface area contributed by atoms with Gasteiger partial charge in [0.1, 0.15) is 0 Å². The molecule has 2 heterocycles. The molecule has 19 heavy (non-hydrogen) atoms. The van der Waals surface area contributed by atoms with E-state index in [0.717, 1.165) is 11.1 Å². The van der Waals surface area contributed by atoms with E-state index in [1.165, 1.54) is 12.3 Å². The molecule has 2 N–H and O–H groups in total. The Labute approximate surface area is 114 Å². The van der Waals surface area contributed by atoms with Gasteiger partial charge in [0, 0.05) is 19.8 Å². The maximum absolute atomic E-state index is 13.9. The van der Waals surface area contributed by atoms with Crippen molar-refractivity contribution < 1.29 is 9.18 Å². The summed E-state index contributed by atoms with van der Waals surface area (Å²) in [6, 6.07) is 1.37. The van der Waals surface area contributed by atoms with E-state index in [1.807, 2.05) is 17.7 Å². The summed E-state index contributed by atoms with van der Waals surface area (Å²) in [7, 11) is 1.56. The number of amides is 1. The number of hydrogen-bond acceptors (Lipinski definition) is 4. The second-order valence-electron chi connectivity index (χ2n) is 4.03. The van der Waals surface area contributed by atoms with Gasteiger partial charge in [0.2, 0.25) is 0 Å². The van der Waals surface area contributed by atoms with Crippen LogP contribution in [-0.4, -0.2) is 17.9 Å². The minimum Gasteiger partial charge on any atom is -0.371 e. The highest BCUT2D eigenvalue weighted by Crippen LogP contribution is 2.16. The third kappa shape index (κ3) is 2.90. The molecule has 0 aliphatic heterocycles. The number of nitrogens with one attached hydrogen (secondary N) is 2. The minimum atomic E-state index is -0.635. The lowest BCUT2D eigenvalue weighted by Crippen LogP contribution is -2.24. The number of aryl methyl sites for hydroxylation is 1. The van der Waals surface area contributed by atoms with Gasteiger partial charge in [0.15, 0.2) is 11.6 Å². The Morgan fingerprint density at radius 1 is 1.47 bits per heavy atom. The van der Waals surface area contributed by atoms with Crippen molar-refractivity contribution in [3.8, 4) is 0 Å². The minimum absolute atomic E-state index is 0.00719. The van der Waals surface area contributed by atoms with Crippen LogP contribution in [-0.2, 0) is 6.54 Å². The van der Waals surface area contributed by atoms with Crippen molar-refractivity contribution in [2.24, 2.45) is 0 Å². The molecule has 0 bridgehead atoms. The van der Waals surface area contributed by atoms with Crippen molar-refractivity contribution in [2.75, 3.05) is 12.4 Å². The van der Waals surface area contributed by atoms with Crippen LogP contribution in [0.25, 0.3) is 0 Å². The molecule has 2 rings (SSSR count). The molecule has 0 aromatic carbocycles. The normalized spacial score (nSPS) is 10.3. The van der Waals surface area contributed by atoms with Crippen molar-refractivity contribution in [3.05, 3.63) is 45.5 Å². The number of anilines is 1. The highest BCUT2D eigenvalue weighted by atomic mass is 32.1. The molecule has 2 aromatic rings. The average molecular weight is 279 g/mol. The lowest BCUT2D eigenvalue weighted by molar-refractivity contribution is 0.0947. The highest BCUT2D eigenvalue weighted by molar-refractivity contribution is 7.08. The zero-order chi connectivity index (χ0) is 13.8. The first-order valence-electron chi connectivity index (χ1n) is 5.75. The summed E-state index contributed by atoms with van der Waals surface area (Å²) in [5.41, 5.74) is 2.16. The first-order valence-corrected chi connectivity index (χ1v) is 6.70. The maximum Gasteiger partial charge on any atom is 0.254 e. The first-order chi connectivity index (χ1) is 9.13. The van der Waals surface area contributed by atoms with E-state index in [-0.39, 0.29) is 11.4 Å². The molecular formula is C13H14FN3OS. The summed E-state index contributed by atoms with van der Waals surface area (Å²) >= 11 is 1.58. The van der Waals surface area contributed by atoms with Gasteiger partial charge < -0.3 is 10.6 Å². The Morgan fingerprint density at radius 2 is 2.26 bits per heavy atom. The van der Waals surface area contributed by atoms with Crippen LogP contribution in [0.2, 0.25) is 0 Å². The third-order valence-corrected chi connectivity index (χ3v) is 3.68. The number of halogens is 1. The summed E-state index contributed by atoms with van der Waals surface area (Å²) in [4.78, 5) is 15.7. The van der Waals surface area contributed by atoms with Crippen molar-refractivity contribution in [1.82, 2.24) is 10.3 Å². The van der Waals surface area contributed by atoms with Crippen LogP contribution >= 0.6 is 11.3 Å². The Bertz CT molecular complexity index is 597. The second kappa shape index (κ2) is 5.79. The van der Waals surface area contributed by atoms with Crippen molar-refractivity contribution in [3.63, 3.8) is 0 Å². The molecule has 6 heteroatoms. The van der Waals surface area contributed by atoms with Crippen LogP contribution in [0.15, 0.2) is 23.0 Å². The molecule has 0 unspecified atom stereocenters. The van der Waals surface area contributed by atoms with Gasteiger partial charge in [-0.15, -0.1) is 0 Å². The number of carbonyl (C=O) groups is 1. The van der Waals surface area contributed by atoms with E-state index >= 15 is 0 Å². The van der Waals surface area contributed by atoms with Crippen LogP contribution in [0.5, 0.6) is 0 Å². The van der Waals surface area contributed by atoms with Crippen molar-refractivity contribution >= 4 is 23.1 Å². The molecule has 100 valence electrons. The monoisotopic (exact) mass is 279 g/mol. The standard InChI is InChI=1S/C13H14FN3OS/c1-8-6-19-7-9(8)5-17-13(18)10-3-4-16-12(15-2)11(10)14/h3-4,6-7H,5H2,1-2H3,(H,15,16)(H,17,18). The van der Waals surface area contributed by atoms with Gasteiger partial charge in [0.25, 0.3) is 5.91 Å². The topological polar surface area (TPSA) is 54.0 Å². The quantitative estimate of drug-likeness (QED) is 0.904. The van der Waals surface area contributed by atoms with E-state index in [1.54, 1.807) is 18.4 Å². The second-order valence-corrected chi connectivity index (χ2v) is 4.78. The zero-order valence-electron chi connectivity index (χ0n) is 10.7. The van der Waals surface area contributed by atoms with E-state index in [9.17, 15) is 9.18 Å². The summed E-state index contributed by atoms with van der Waals surface area (Å²) in [5.74, 6) is -1.01. The van der Waals surface area contributed by atoms with Gasteiger partial charge in [0.05, 0.1) is 5.56 Å². The number of nitrogens with zero attached hydrogens (tertiary/aromatic N) is 1. The number of pyridine rings is 1. The number of thiophene rings is 1. The van der Waals surface area contributed by atoms with Gasteiger partial charge >= 0.3 is 0 Å². The molecule has 2 aromatic heterocycles. The molecule has 0 saturated heterocycles. The molecule has 0 spiro atoms. The maximum atomic E-state index is 13.9. The molecule has 0 fully saturated rings. The fourth-order valence-electron chi connectivity index (χ4n) is 1.63. The van der Waals surface area contributed by atoms with E-state index in [2.05, 4.69) is 15.6 Å². The van der Waals surface area contributed by atoms with Gasteiger partial charge in [-0.1, -0.05) is 0 Å². The number of aromatic nitrogens is 1. The predicted octanol–water partition coefficient (Wildman–Crippen LogP) is 2.56. The highest BCUT2D eigenvalue weighted by Gasteiger charge is 2.15. The molecule has 0 saturated carbocycles. The van der Waals surface area contributed by atoms with Crippen LogP contribution < -0.4 is 10.6 Å². The van der Waals surface area contributed by atoms with Gasteiger partial charge in [-0.2, -0.15) is 11.3 Å². The number of carbonyl (C=O) groups excluding carboxylic acids is 1. The SMILES string of the molecule is CNc1nccc(C(=O)NCc2cscc2C)c1F. The zero-order valence-corrected chi connectivity index (χ0v) is 11.5. The van der Waals surface area contributed by atoms with Gasteiger partial charge in [-0.05, 0) is 34.9 Å². The molecule has 1 amide bonds. The van der Waals surface area contributed by atoms with Crippen LogP contribution in [0.4, 0.5) is 10.2 Å². The van der Waals surface area contributed by atoms with Crippen LogP contribution in [0.3, 0.4) is 0 Å². The summed E-state index contributed by atoms with van der Waals surface area (Å²) in [6.07, 6.45) is 1.40. The number of hydrogen-bond donors (Lipinski definition) is 2. The van der Waals surface area contributed by atoms with E-state index < -0.39 is 11.7 Å². The number of rotatable bonds is 4. The van der Waals surface area contributed by atoms with Crippen LogP contribution in [0, 0.1) is 12.7 Å². The smallest absolute Gasteiger partial charge is 0.254 e. The molecule has 0 aliphatic carbocycles. The largest absolute Gasteiger partial charge is 0.371 e. The Balaban J connectivity index is 2.10. The van der Waals surface area contributed by atoms with Gasteiger partial charge in [-0.25, -0.2) is 9.37 Å². The lowest BCUT2D eigenvalue weighted by Gasteiger charge is -2.08. The lowest BCUT2D eigenvalue weighted by atomic mass is 10.2. The molecule has 0 aliphatic rings. The van der Waals surface area contributed by atoms with Crippen molar-refractivity contribution in [2.45, 2.75) is 13.5 Å². The Morgan fingerprint density at radius 3 is 2.89 bits per heavy atom. The van der Waals surface area contributed by atoms with Crippen LogP contribution in [0.1, 0.15) is 21.5 Å². The Hall–Kier alpha value is -1.95. The third-order valence-electron chi connectivity index (χ3n) is 2.77. The fourth-order valence-corrected chi connectivity index (χ4v) is 2.49. The predicted molar refractivity (Wildman–Crippen MR) is 74.0 cm³/mol. The summed E-state index contributed by atoms with van der Waals surface area (Å²) in [5, 5.41) is 9.29. The van der Waals surface area contributed by atoms with E-state index in [4.69, 9.17) is 0 Å². The van der Waals surface area contributed by atoms with Crippen molar-refractivity contribution in [1.29, 1.82) is 0 Å². The average Bonchev–Trinajstić information content (AvgIpc) is 2.82. The fraction of sp³-hybridized carbons (Fsp3) is 0.231. The summed E-state index contributed by atoms with van der Waals surface area (Å²) in [6.45, 7) is 2.37. The van der Waals surface area contributed by atoms with Gasteiger partial charge in [-0.3, -0.25) is 4.79 Å². The molecule has 0 radical (unpaired) electrons. The molecule has 4 nitrogen and oxygen atoms in total.